The molecule has 0 amide bonds. The van der Waals surface area contributed by atoms with Crippen molar-refractivity contribution >= 4 is 17.4 Å². The molecule has 0 atom stereocenters. The topological polar surface area (TPSA) is 44.9 Å². The fourth-order valence-electron chi connectivity index (χ4n) is 1.06. The summed E-state index contributed by atoms with van der Waals surface area (Å²) in [6, 6.07) is 0. The number of hydrogen-bond donors (Lipinski definition) is 1. The van der Waals surface area contributed by atoms with Crippen LogP contribution >= 0.6 is 11.6 Å². The third-order valence-electron chi connectivity index (χ3n) is 2.31. The molecular weight excluding hydrogens is 212 g/mol. The first-order chi connectivity index (χ1) is 7.06. The smallest absolute Gasteiger partial charge is 0.166 e. The molecule has 0 unspecified atom stereocenters. The van der Waals surface area contributed by atoms with E-state index < -0.39 is 0 Å². The lowest BCUT2D eigenvalue weighted by Gasteiger charge is -2.23. The second-order valence-corrected chi connectivity index (χ2v) is 3.81. The Balaban J connectivity index is 4.24. The van der Waals surface area contributed by atoms with Crippen molar-refractivity contribution in [3.63, 3.8) is 0 Å². The molecule has 0 aromatic carbocycles. The Morgan fingerprint density at radius 3 is 2.40 bits per heavy atom. The Kier molecular flexibility index (Phi) is 7.17. The predicted octanol–water partition coefficient (Wildman–Crippen LogP) is 1.28. The van der Waals surface area contributed by atoms with Crippen LogP contribution in [0.3, 0.4) is 0 Å². The molecule has 2 N–H and O–H groups in total. The second-order valence-electron chi connectivity index (χ2n) is 3.41. The fraction of sp³-hybridized carbons (Fsp3) is 0.700. The Bertz CT molecular complexity index is 238. The number of nitrogens with zero attached hydrogens (tertiary/aromatic N) is 3. The van der Waals surface area contributed by atoms with Crippen LogP contribution in [0.25, 0.3) is 0 Å². The maximum Gasteiger partial charge on any atom is 0.166 e. The zero-order valence-corrected chi connectivity index (χ0v) is 10.8. The summed E-state index contributed by atoms with van der Waals surface area (Å²) in [5, 5.41) is 4.27. The van der Waals surface area contributed by atoms with Gasteiger partial charge in [-0.25, -0.2) is 0 Å². The van der Waals surface area contributed by atoms with Crippen LogP contribution in [0.2, 0.25) is 0 Å². The first-order valence-electron chi connectivity index (χ1n) is 5.06. The molecule has 5 heteroatoms. The van der Waals surface area contributed by atoms with Crippen LogP contribution in [0.1, 0.15) is 13.8 Å². The lowest BCUT2D eigenvalue weighted by atomic mass is 10.4. The highest BCUT2D eigenvalue weighted by Crippen LogP contribution is 2.06. The molecular formula is C10H21ClN4. The van der Waals surface area contributed by atoms with Crippen LogP contribution in [0, 0.1) is 0 Å². The van der Waals surface area contributed by atoms with E-state index in [1.54, 1.807) is 6.08 Å². The van der Waals surface area contributed by atoms with E-state index in [-0.39, 0.29) is 0 Å². The molecule has 4 nitrogen and oxygen atoms in total. The van der Waals surface area contributed by atoms with E-state index in [2.05, 4.69) is 24.0 Å². The highest BCUT2D eigenvalue weighted by molar-refractivity contribution is 6.42. The standard InChI is InChI=1S/C10H21ClN4/c1-5-9(11)10(13-12)15(4)8-7-14(3)6-2/h5H,6-8,12H2,1-4H3/b9-5-,13-10+. The van der Waals surface area contributed by atoms with E-state index >= 15 is 0 Å². The summed E-state index contributed by atoms with van der Waals surface area (Å²) < 4.78 is 0. The summed E-state index contributed by atoms with van der Waals surface area (Å²) >= 11 is 5.97. The average molecular weight is 233 g/mol. The van der Waals surface area contributed by atoms with Gasteiger partial charge in [0.15, 0.2) is 5.84 Å². The summed E-state index contributed by atoms with van der Waals surface area (Å²) in [7, 11) is 4.01. The van der Waals surface area contributed by atoms with Gasteiger partial charge in [-0.05, 0) is 20.5 Å². The van der Waals surface area contributed by atoms with Gasteiger partial charge < -0.3 is 15.6 Å². The third kappa shape index (κ3) is 5.04. The van der Waals surface area contributed by atoms with Gasteiger partial charge in [-0.3, -0.25) is 0 Å². The quantitative estimate of drug-likeness (QED) is 0.336. The van der Waals surface area contributed by atoms with Crippen LogP contribution in [0.15, 0.2) is 16.2 Å². The molecule has 0 saturated heterocycles. The van der Waals surface area contributed by atoms with E-state index in [0.717, 1.165) is 19.6 Å². The van der Waals surface area contributed by atoms with E-state index in [1.165, 1.54) is 0 Å². The van der Waals surface area contributed by atoms with Crippen molar-refractivity contribution in [2.75, 3.05) is 33.7 Å². The summed E-state index contributed by atoms with van der Waals surface area (Å²) in [6.07, 6.45) is 1.79. The third-order valence-corrected chi connectivity index (χ3v) is 2.70. The maximum atomic E-state index is 5.97. The van der Waals surface area contributed by atoms with Gasteiger partial charge in [-0.1, -0.05) is 24.6 Å². The number of halogens is 1. The number of likely N-dealkylation sites (N-methyl/N-ethyl adjacent to an activating group) is 2. The van der Waals surface area contributed by atoms with Gasteiger partial charge >= 0.3 is 0 Å². The number of hydrazone groups is 1. The molecule has 0 rings (SSSR count). The van der Waals surface area contributed by atoms with Crippen LogP contribution in [0.5, 0.6) is 0 Å². The van der Waals surface area contributed by atoms with E-state index in [0.29, 0.717) is 10.9 Å². The molecule has 0 saturated carbocycles. The minimum absolute atomic E-state index is 0.583. The van der Waals surface area contributed by atoms with Gasteiger partial charge in [0.1, 0.15) is 0 Å². The molecule has 0 aliphatic heterocycles. The number of amidine groups is 1. The molecule has 0 heterocycles. The lowest BCUT2D eigenvalue weighted by molar-refractivity contribution is 0.318. The maximum absolute atomic E-state index is 5.97. The van der Waals surface area contributed by atoms with Gasteiger partial charge in [0.25, 0.3) is 0 Å². The van der Waals surface area contributed by atoms with Crippen molar-refractivity contribution in [3.05, 3.63) is 11.1 Å². The second kappa shape index (κ2) is 7.54. The fourth-order valence-corrected chi connectivity index (χ4v) is 1.25. The highest BCUT2D eigenvalue weighted by Gasteiger charge is 2.09. The van der Waals surface area contributed by atoms with Crippen molar-refractivity contribution < 1.29 is 0 Å². The molecule has 0 spiro atoms. The van der Waals surface area contributed by atoms with Crippen LogP contribution in [0.4, 0.5) is 0 Å². The van der Waals surface area contributed by atoms with E-state index in [9.17, 15) is 0 Å². The normalized spacial score (nSPS) is 13.5. The Labute approximate surface area is 97.4 Å². The van der Waals surface area contributed by atoms with Gasteiger partial charge in [0, 0.05) is 20.1 Å². The number of allylic oxidation sites excluding steroid dienone is 1. The predicted molar refractivity (Wildman–Crippen MR) is 67.0 cm³/mol. The minimum Gasteiger partial charge on any atom is -0.356 e. The molecule has 88 valence electrons. The molecule has 0 bridgehead atoms. The SMILES string of the molecule is C/C=C(Cl)/C(=N\N)N(C)CCN(C)CC. The largest absolute Gasteiger partial charge is 0.356 e. The Hall–Kier alpha value is -0.740. The van der Waals surface area contributed by atoms with Crippen molar-refractivity contribution in [1.29, 1.82) is 0 Å². The van der Waals surface area contributed by atoms with E-state index in [4.69, 9.17) is 17.4 Å². The minimum atomic E-state index is 0.583. The van der Waals surface area contributed by atoms with Gasteiger partial charge in [-0.15, -0.1) is 0 Å². The highest BCUT2D eigenvalue weighted by atomic mass is 35.5. The lowest BCUT2D eigenvalue weighted by Crippen LogP contribution is -2.35. The zero-order valence-electron chi connectivity index (χ0n) is 10.00. The van der Waals surface area contributed by atoms with Crippen LogP contribution in [-0.2, 0) is 0 Å². The first kappa shape index (κ1) is 14.3. The first-order valence-corrected chi connectivity index (χ1v) is 5.44. The van der Waals surface area contributed by atoms with Gasteiger partial charge in [0.2, 0.25) is 0 Å². The molecule has 0 radical (unpaired) electrons. The number of nitrogens with two attached hydrogens (primary N) is 1. The average Bonchev–Trinajstić information content (AvgIpc) is 2.26. The monoisotopic (exact) mass is 232 g/mol. The molecule has 0 fully saturated rings. The summed E-state index contributed by atoms with van der Waals surface area (Å²) in [4.78, 5) is 4.17. The molecule has 15 heavy (non-hydrogen) atoms. The van der Waals surface area contributed by atoms with Crippen molar-refractivity contribution in [2.24, 2.45) is 10.9 Å². The molecule has 0 aromatic heterocycles. The van der Waals surface area contributed by atoms with Crippen molar-refractivity contribution in [3.8, 4) is 0 Å². The Morgan fingerprint density at radius 2 is 2.00 bits per heavy atom. The summed E-state index contributed by atoms with van der Waals surface area (Å²) in [6.45, 7) is 6.82. The molecule has 0 aliphatic carbocycles. The summed E-state index contributed by atoms with van der Waals surface area (Å²) in [5.41, 5.74) is 0. The Morgan fingerprint density at radius 1 is 1.40 bits per heavy atom. The summed E-state index contributed by atoms with van der Waals surface area (Å²) in [5.74, 6) is 5.92. The zero-order chi connectivity index (χ0) is 11.8. The van der Waals surface area contributed by atoms with Crippen LogP contribution < -0.4 is 5.84 Å². The number of rotatable bonds is 5. The van der Waals surface area contributed by atoms with Gasteiger partial charge in [0.05, 0.1) is 5.03 Å². The van der Waals surface area contributed by atoms with Gasteiger partial charge in [-0.2, -0.15) is 5.10 Å². The van der Waals surface area contributed by atoms with Crippen molar-refractivity contribution in [1.82, 2.24) is 9.80 Å². The van der Waals surface area contributed by atoms with E-state index in [1.807, 2.05) is 18.9 Å². The van der Waals surface area contributed by atoms with Crippen molar-refractivity contribution in [2.45, 2.75) is 13.8 Å². The number of hydrogen-bond acceptors (Lipinski definition) is 3. The van der Waals surface area contributed by atoms with Crippen LogP contribution in [-0.4, -0.2) is 49.4 Å². The molecule has 0 aliphatic rings. The molecule has 0 aromatic rings.